The Morgan fingerprint density at radius 3 is 1.86 bits per heavy atom. The van der Waals surface area contributed by atoms with Crippen LogP contribution in [-0.2, 0) is 10.9 Å². The van der Waals surface area contributed by atoms with Crippen LogP contribution in [0.1, 0.15) is 20.8 Å². The van der Waals surface area contributed by atoms with Gasteiger partial charge in [-0.25, -0.2) is 0 Å². The molecule has 0 bridgehead atoms. The molecule has 0 aromatic heterocycles. The van der Waals surface area contributed by atoms with E-state index in [1.807, 2.05) is 12.1 Å². The molecule has 14 heavy (non-hydrogen) atoms. The molecular formula is C12H19OS+. The molecular weight excluding hydrogens is 192 g/mol. The maximum Gasteiger partial charge on any atom is 0.154 e. The first-order valence-corrected chi connectivity index (χ1v) is 6.79. The molecule has 0 N–H and O–H groups in total. The van der Waals surface area contributed by atoms with Crippen molar-refractivity contribution in [2.45, 2.75) is 31.3 Å². The molecule has 1 aromatic rings. The Kier molecular flexibility index (Phi) is 3.48. The summed E-state index contributed by atoms with van der Waals surface area (Å²) in [5.74, 6) is 0.951. The molecule has 2 heteroatoms. The average molecular weight is 211 g/mol. The number of rotatable bonds is 2. The highest BCUT2D eigenvalue weighted by molar-refractivity contribution is 7.95. The third kappa shape index (κ3) is 3.62. The normalized spacial score (nSPS) is 11.9. The molecule has 1 aromatic carbocycles. The fraction of sp³-hybridized carbons (Fsp3) is 0.500. The van der Waals surface area contributed by atoms with Crippen LogP contribution >= 0.6 is 0 Å². The molecule has 0 fully saturated rings. The number of hydrogen-bond acceptors (Lipinski definition) is 1. The van der Waals surface area contributed by atoms with Gasteiger partial charge in [0.05, 0.1) is 0 Å². The molecule has 0 amide bonds. The van der Waals surface area contributed by atoms with Crippen molar-refractivity contribution in [3.05, 3.63) is 24.3 Å². The second-order valence-electron chi connectivity index (χ2n) is 4.50. The van der Waals surface area contributed by atoms with Gasteiger partial charge in [0.15, 0.2) is 4.90 Å². The van der Waals surface area contributed by atoms with E-state index in [1.165, 1.54) is 4.90 Å². The van der Waals surface area contributed by atoms with E-state index in [0.29, 0.717) is 10.9 Å². The Balaban J connectivity index is 2.74. The minimum absolute atomic E-state index is 0.109. The van der Waals surface area contributed by atoms with Gasteiger partial charge in [-0.2, -0.15) is 0 Å². The molecule has 0 unspecified atom stereocenters. The molecule has 0 radical (unpaired) electrons. The van der Waals surface area contributed by atoms with Gasteiger partial charge >= 0.3 is 0 Å². The molecule has 78 valence electrons. The lowest BCUT2D eigenvalue weighted by atomic mass is 10.2. The molecule has 0 atom stereocenters. The molecule has 0 aliphatic rings. The highest BCUT2D eigenvalue weighted by Gasteiger charge is 2.13. The minimum atomic E-state index is -0.109. The quantitative estimate of drug-likeness (QED) is 0.683. The van der Waals surface area contributed by atoms with Gasteiger partial charge < -0.3 is 4.74 Å². The monoisotopic (exact) mass is 211 g/mol. The van der Waals surface area contributed by atoms with Crippen LogP contribution in [0.3, 0.4) is 0 Å². The van der Waals surface area contributed by atoms with Gasteiger partial charge in [0, 0.05) is 10.9 Å². The summed E-state index contributed by atoms with van der Waals surface area (Å²) in [6, 6.07) is 8.38. The zero-order valence-corrected chi connectivity index (χ0v) is 10.4. The van der Waals surface area contributed by atoms with Gasteiger partial charge in [0.25, 0.3) is 0 Å². The first kappa shape index (κ1) is 11.4. The smallest absolute Gasteiger partial charge is 0.154 e. The Morgan fingerprint density at radius 1 is 1.00 bits per heavy atom. The van der Waals surface area contributed by atoms with Crippen LogP contribution in [0.4, 0.5) is 0 Å². The minimum Gasteiger partial charge on any atom is -0.488 e. The third-order valence-electron chi connectivity index (χ3n) is 1.72. The highest BCUT2D eigenvalue weighted by atomic mass is 32.2. The van der Waals surface area contributed by atoms with E-state index in [9.17, 15) is 0 Å². The van der Waals surface area contributed by atoms with Crippen molar-refractivity contribution in [2.75, 3.05) is 12.5 Å². The van der Waals surface area contributed by atoms with Crippen molar-refractivity contribution in [3.63, 3.8) is 0 Å². The zero-order valence-electron chi connectivity index (χ0n) is 9.63. The van der Waals surface area contributed by atoms with Crippen LogP contribution in [0.2, 0.25) is 0 Å². The van der Waals surface area contributed by atoms with E-state index in [1.54, 1.807) is 0 Å². The zero-order chi connectivity index (χ0) is 10.8. The Labute approximate surface area is 89.8 Å². The summed E-state index contributed by atoms with van der Waals surface area (Å²) in [7, 11) is 0.334. The van der Waals surface area contributed by atoms with E-state index in [0.717, 1.165) is 5.75 Å². The molecule has 0 heterocycles. The van der Waals surface area contributed by atoms with Crippen molar-refractivity contribution < 1.29 is 4.74 Å². The van der Waals surface area contributed by atoms with Crippen molar-refractivity contribution in [2.24, 2.45) is 0 Å². The van der Waals surface area contributed by atoms with E-state index >= 15 is 0 Å². The molecule has 0 aliphatic heterocycles. The summed E-state index contributed by atoms with van der Waals surface area (Å²) in [5, 5.41) is 0. The lowest BCUT2D eigenvalue weighted by Crippen LogP contribution is -2.22. The lowest BCUT2D eigenvalue weighted by Gasteiger charge is -2.21. The molecule has 0 saturated carbocycles. The second kappa shape index (κ2) is 4.26. The van der Waals surface area contributed by atoms with Gasteiger partial charge in [0.1, 0.15) is 23.9 Å². The van der Waals surface area contributed by atoms with E-state index in [-0.39, 0.29) is 5.60 Å². The van der Waals surface area contributed by atoms with Gasteiger partial charge in [-0.15, -0.1) is 0 Å². The van der Waals surface area contributed by atoms with Crippen molar-refractivity contribution >= 4 is 10.9 Å². The largest absolute Gasteiger partial charge is 0.488 e. The van der Waals surface area contributed by atoms with Crippen LogP contribution in [0.25, 0.3) is 0 Å². The SMILES string of the molecule is C[S+](C)c1ccc(OC(C)(C)C)cc1. The number of ether oxygens (including phenoxy) is 1. The van der Waals surface area contributed by atoms with Gasteiger partial charge in [-0.05, 0) is 45.0 Å². The standard InChI is InChI=1S/C12H19OS/c1-12(2,3)13-10-6-8-11(9-7-10)14(4)5/h6-9H,1-5H3/q+1. The van der Waals surface area contributed by atoms with Gasteiger partial charge in [-0.3, -0.25) is 0 Å². The molecule has 1 rings (SSSR count). The van der Waals surface area contributed by atoms with Crippen LogP contribution in [0.15, 0.2) is 29.2 Å². The lowest BCUT2D eigenvalue weighted by molar-refractivity contribution is 0.131. The molecule has 0 aliphatic carbocycles. The molecule has 0 spiro atoms. The fourth-order valence-corrected chi connectivity index (χ4v) is 1.81. The van der Waals surface area contributed by atoms with Crippen LogP contribution in [0, 0.1) is 0 Å². The summed E-state index contributed by atoms with van der Waals surface area (Å²) >= 11 is 0. The molecule has 0 saturated heterocycles. The third-order valence-corrected chi connectivity index (χ3v) is 2.93. The highest BCUT2D eigenvalue weighted by Crippen LogP contribution is 2.20. The predicted molar refractivity (Wildman–Crippen MR) is 64.3 cm³/mol. The Morgan fingerprint density at radius 2 is 1.50 bits per heavy atom. The maximum atomic E-state index is 5.74. The van der Waals surface area contributed by atoms with E-state index < -0.39 is 0 Å². The van der Waals surface area contributed by atoms with Crippen LogP contribution in [-0.4, -0.2) is 18.1 Å². The van der Waals surface area contributed by atoms with E-state index in [2.05, 4.69) is 45.4 Å². The van der Waals surface area contributed by atoms with Crippen LogP contribution in [0.5, 0.6) is 5.75 Å². The molecule has 1 nitrogen and oxygen atoms in total. The summed E-state index contributed by atoms with van der Waals surface area (Å²) in [5.41, 5.74) is -0.109. The summed E-state index contributed by atoms with van der Waals surface area (Å²) in [6.07, 6.45) is 4.44. The Hall–Kier alpha value is -0.630. The maximum absolute atomic E-state index is 5.74. The fourth-order valence-electron chi connectivity index (χ4n) is 1.13. The first-order chi connectivity index (χ1) is 6.38. The second-order valence-corrected chi connectivity index (χ2v) is 6.61. The van der Waals surface area contributed by atoms with Crippen LogP contribution < -0.4 is 4.74 Å². The summed E-state index contributed by atoms with van der Waals surface area (Å²) in [4.78, 5) is 1.38. The van der Waals surface area contributed by atoms with Crippen molar-refractivity contribution in [1.82, 2.24) is 0 Å². The summed E-state index contributed by atoms with van der Waals surface area (Å²) in [6.45, 7) is 6.18. The van der Waals surface area contributed by atoms with Crippen molar-refractivity contribution in [3.8, 4) is 5.75 Å². The van der Waals surface area contributed by atoms with Crippen molar-refractivity contribution in [1.29, 1.82) is 0 Å². The average Bonchev–Trinajstić information content (AvgIpc) is 2.02. The van der Waals surface area contributed by atoms with Gasteiger partial charge in [0.2, 0.25) is 0 Å². The number of benzene rings is 1. The first-order valence-electron chi connectivity index (χ1n) is 4.75. The van der Waals surface area contributed by atoms with Gasteiger partial charge in [-0.1, -0.05) is 0 Å². The Bertz CT molecular complexity index is 282. The summed E-state index contributed by atoms with van der Waals surface area (Å²) < 4.78 is 5.74. The van der Waals surface area contributed by atoms with E-state index in [4.69, 9.17) is 4.74 Å². The number of hydrogen-bond donors (Lipinski definition) is 0. The predicted octanol–water partition coefficient (Wildman–Crippen LogP) is 3.10. The topological polar surface area (TPSA) is 9.23 Å².